The molecule has 0 radical (unpaired) electrons. The lowest BCUT2D eigenvalue weighted by atomic mass is 10.1. The molecular weight excluding hydrogens is 520 g/mol. The third-order valence-electron chi connectivity index (χ3n) is 5.28. The van der Waals surface area contributed by atoms with Crippen LogP contribution in [-0.4, -0.2) is 23.0 Å². The second kappa shape index (κ2) is 9.96. The number of amides is 1. The van der Waals surface area contributed by atoms with Crippen molar-refractivity contribution in [3.05, 3.63) is 75.2 Å². The van der Waals surface area contributed by atoms with Crippen LogP contribution in [0.15, 0.2) is 46.9 Å². The molecule has 0 aliphatic rings. The molecule has 0 saturated heterocycles. The molecule has 3 N–H and O–H groups in total. The average molecular weight is 539 g/mol. The van der Waals surface area contributed by atoms with E-state index in [1.165, 1.54) is 19.2 Å². The predicted molar refractivity (Wildman–Crippen MR) is 129 cm³/mol. The van der Waals surface area contributed by atoms with Gasteiger partial charge in [0, 0.05) is 17.5 Å². The van der Waals surface area contributed by atoms with Crippen molar-refractivity contribution in [3.63, 3.8) is 0 Å². The summed E-state index contributed by atoms with van der Waals surface area (Å²) in [6.45, 7) is 1.75. The molecule has 2 heterocycles. The fraction of sp³-hybridized carbons (Fsp3) is 0.208. The molecule has 2 aromatic carbocycles. The largest absolute Gasteiger partial charge is 0.494 e. The smallest absolute Gasteiger partial charge is 0.433 e. The minimum absolute atomic E-state index is 0.00352. The number of fused-ring (bicyclic) bond motifs is 1. The van der Waals surface area contributed by atoms with Gasteiger partial charge >= 0.3 is 6.18 Å². The van der Waals surface area contributed by atoms with E-state index >= 15 is 0 Å². The number of alkyl halides is 3. The summed E-state index contributed by atoms with van der Waals surface area (Å²) in [6, 6.07) is 9.36. The molecule has 36 heavy (non-hydrogen) atoms. The molecule has 0 fully saturated rings. The number of rotatable bonds is 6. The number of nitrogens with zero attached hydrogens (tertiary/aromatic N) is 2. The van der Waals surface area contributed by atoms with Crippen LogP contribution in [0.5, 0.6) is 5.75 Å². The fourth-order valence-corrected chi connectivity index (χ4v) is 3.86. The first kappa shape index (κ1) is 25.7. The molecule has 0 spiro atoms. The standard InChI is InChI=1S/C24H19Cl2F3N4O3/c1-11(30)21-20(22(34)31-10-12-3-6-15(25)16(26)9-12)33-23(36-21)14-4-7-17(35-2)19-13(14)5-8-18(32-19)24(27,28)29/h3-9,11H,10,30H2,1-2H3,(H,31,34). The summed E-state index contributed by atoms with van der Waals surface area (Å²) >= 11 is 11.9. The highest BCUT2D eigenvalue weighted by Crippen LogP contribution is 2.37. The van der Waals surface area contributed by atoms with Crippen molar-refractivity contribution in [1.82, 2.24) is 15.3 Å². The summed E-state index contributed by atoms with van der Waals surface area (Å²) in [5.74, 6) is -0.311. The Balaban J connectivity index is 1.73. The zero-order chi connectivity index (χ0) is 26.2. The minimum atomic E-state index is -4.64. The molecule has 1 unspecified atom stereocenters. The molecule has 4 aromatic rings. The second-order valence-electron chi connectivity index (χ2n) is 7.86. The van der Waals surface area contributed by atoms with E-state index in [0.717, 1.165) is 6.07 Å². The number of benzene rings is 2. The number of carbonyl (C=O) groups excluding carboxylic acids is 1. The maximum absolute atomic E-state index is 13.2. The molecule has 0 saturated carbocycles. The zero-order valence-corrected chi connectivity index (χ0v) is 20.4. The summed E-state index contributed by atoms with van der Waals surface area (Å²) < 4.78 is 50.7. The van der Waals surface area contributed by atoms with Crippen LogP contribution in [0.2, 0.25) is 10.0 Å². The summed E-state index contributed by atoms with van der Waals surface area (Å²) in [7, 11) is 1.33. The van der Waals surface area contributed by atoms with Gasteiger partial charge in [-0.05, 0) is 48.9 Å². The van der Waals surface area contributed by atoms with Gasteiger partial charge in [0.2, 0.25) is 5.89 Å². The lowest BCUT2D eigenvalue weighted by Gasteiger charge is -2.11. The summed E-state index contributed by atoms with van der Waals surface area (Å²) in [5.41, 5.74) is 5.88. The van der Waals surface area contributed by atoms with Crippen LogP contribution in [0.1, 0.15) is 40.5 Å². The van der Waals surface area contributed by atoms with Gasteiger partial charge in [0.25, 0.3) is 5.91 Å². The second-order valence-corrected chi connectivity index (χ2v) is 8.67. The third kappa shape index (κ3) is 5.11. The highest BCUT2D eigenvalue weighted by Gasteiger charge is 2.33. The van der Waals surface area contributed by atoms with Crippen molar-refractivity contribution >= 4 is 40.0 Å². The van der Waals surface area contributed by atoms with Crippen molar-refractivity contribution < 1.29 is 27.1 Å². The van der Waals surface area contributed by atoms with Gasteiger partial charge in [0.05, 0.1) is 23.2 Å². The van der Waals surface area contributed by atoms with Gasteiger partial charge in [-0.15, -0.1) is 0 Å². The number of nitrogens with two attached hydrogens (primary N) is 1. The summed E-state index contributed by atoms with van der Waals surface area (Å²) in [5, 5.41) is 3.75. The first-order valence-electron chi connectivity index (χ1n) is 10.5. The number of oxazole rings is 1. The van der Waals surface area contributed by atoms with E-state index in [-0.39, 0.29) is 35.2 Å². The molecule has 12 heteroatoms. The molecule has 0 aliphatic heterocycles. The number of aromatic nitrogens is 2. The van der Waals surface area contributed by atoms with Crippen LogP contribution in [-0.2, 0) is 12.7 Å². The molecular formula is C24H19Cl2F3N4O3. The van der Waals surface area contributed by atoms with Gasteiger partial charge in [-0.1, -0.05) is 29.3 Å². The Morgan fingerprint density at radius 3 is 2.53 bits per heavy atom. The van der Waals surface area contributed by atoms with E-state index in [9.17, 15) is 18.0 Å². The molecule has 4 rings (SSSR count). The van der Waals surface area contributed by atoms with Gasteiger partial charge in [0.1, 0.15) is 17.0 Å². The topological polar surface area (TPSA) is 103 Å². The van der Waals surface area contributed by atoms with Gasteiger partial charge in [0.15, 0.2) is 11.5 Å². The van der Waals surface area contributed by atoms with E-state index in [1.54, 1.807) is 31.2 Å². The van der Waals surface area contributed by atoms with Crippen LogP contribution in [0, 0.1) is 0 Å². The van der Waals surface area contributed by atoms with E-state index in [0.29, 0.717) is 26.6 Å². The number of hydrogen-bond donors (Lipinski definition) is 2. The molecule has 0 aliphatic carbocycles. The Labute approximate surface area is 213 Å². The Kier molecular flexibility index (Phi) is 7.12. The lowest BCUT2D eigenvalue weighted by molar-refractivity contribution is -0.140. The Morgan fingerprint density at radius 2 is 1.89 bits per heavy atom. The van der Waals surface area contributed by atoms with E-state index < -0.39 is 23.8 Å². The van der Waals surface area contributed by atoms with Gasteiger partial charge in [-0.25, -0.2) is 9.97 Å². The Hall–Kier alpha value is -3.34. The van der Waals surface area contributed by atoms with Crippen molar-refractivity contribution in [2.45, 2.75) is 25.7 Å². The minimum Gasteiger partial charge on any atom is -0.494 e. The molecule has 188 valence electrons. The summed E-state index contributed by atoms with van der Waals surface area (Å²) in [4.78, 5) is 21.0. The number of ether oxygens (including phenoxy) is 1. The highest BCUT2D eigenvalue weighted by atomic mass is 35.5. The number of nitrogens with one attached hydrogen (secondary N) is 1. The van der Waals surface area contributed by atoms with Crippen molar-refractivity contribution in [1.29, 1.82) is 0 Å². The van der Waals surface area contributed by atoms with Crippen LogP contribution >= 0.6 is 23.2 Å². The number of methoxy groups -OCH3 is 1. The average Bonchev–Trinajstić information content (AvgIpc) is 3.28. The van der Waals surface area contributed by atoms with Crippen LogP contribution in [0.4, 0.5) is 13.2 Å². The third-order valence-corrected chi connectivity index (χ3v) is 6.02. The number of halogens is 5. The van der Waals surface area contributed by atoms with Crippen LogP contribution in [0.25, 0.3) is 22.4 Å². The summed E-state index contributed by atoms with van der Waals surface area (Å²) in [6.07, 6.45) is -4.64. The molecule has 1 amide bonds. The first-order valence-corrected chi connectivity index (χ1v) is 11.3. The normalized spacial score (nSPS) is 12.6. The van der Waals surface area contributed by atoms with E-state index in [1.807, 2.05) is 0 Å². The van der Waals surface area contributed by atoms with Gasteiger partial charge < -0.3 is 20.2 Å². The van der Waals surface area contributed by atoms with Crippen molar-refractivity contribution in [2.75, 3.05) is 7.11 Å². The maximum Gasteiger partial charge on any atom is 0.433 e. The molecule has 0 bridgehead atoms. The highest BCUT2D eigenvalue weighted by molar-refractivity contribution is 6.42. The molecule has 7 nitrogen and oxygen atoms in total. The van der Waals surface area contributed by atoms with Crippen LogP contribution < -0.4 is 15.8 Å². The number of carbonyl (C=O) groups is 1. The monoisotopic (exact) mass is 538 g/mol. The Morgan fingerprint density at radius 1 is 1.14 bits per heavy atom. The van der Waals surface area contributed by atoms with Crippen molar-refractivity contribution in [2.24, 2.45) is 5.73 Å². The van der Waals surface area contributed by atoms with Gasteiger partial charge in [-0.3, -0.25) is 4.79 Å². The number of pyridine rings is 1. The predicted octanol–water partition coefficient (Wildman–Crippen LogP) is 6.17. The van der Waals surface area contributed by atoms with E-state index in [4.69, 9.17) is 38.1 Å². The SMILES string of the molecule is COc1ccc(-c2nc(C(=O)NCc3ccc(Cl)c(Cl)c3)c(C(C)N)o2)c2ccc(C(F)(F)F)nc12. The molecule has 1 atom stereocenters. The molecule has 2 aromatic heterocycles. The van der Waals surface area contributed by atoms with Gasteiger partial charge in [-0.2, -0.15) is 13.2 Å². The first-order chi connectivity index (χ1) is 17.0. The van der Waals surface area contributed by atoms with Crippen molar-refractivity contribution in [3.8, 4) is 17.2 Å². The number of hydrogen-bond acceptors (Lipinski definition) is 6. The van der Waals surface area contributed by atoms with E-state index in [2.05, 4.69) is 15.3 Å². The Bertz CT molecular complexity index is 1450. The maximum atomic E-state index is 13.2. The quantitative estimate of drug-likeness (QED) is 0.304. The lowest BCUT2D eigenvalue weighted by Crippen LogP contribution is -2.25. The van der Waals surface area contributed by atoms with Crippen LogP contribution in [0.3, 0.4) is 0 Å². The fourth-order valence-electron chi connectivity index (χ4n) is 3.54. The zero-order valence-electron chi connectivity index (χ0n) is 18.9.